The Kier molecular flexibility index (Phi) is 4.98. The van der Waals surface area contributed by atoms with Crippen LogP contribution in [0.1, 0.15) is 24.8 Å². The first-order valence-electron chi connectivity index (χ1n) is 13.0. The molecule has 7 rings (SSSR count). The Morgan fingerprint density at radius 2 is 1.75 bits per heavy atom. The highest BCUT2D eigenvalue weighted by Gasteiger charge is 2.36. The molecule has 3 aromatic carbocycles. The fourth-order valence-electron chi connectivity index (χ4n) is 5.62. The zero-order valence-electron chi connectivity index (χ0n) is 20.5. The van der Waals surface area contributed by atoms with Crippen molar-refractivity contribution in [1.82, 2.24) is 14.5 Å². The van der Waals surface area contributed by atoms with Gasteiger partial charge in [0.2, 0.25) is 5.91 Å². The zero-order valence-corrected chi connectivity index (χ0v) is 20.5. The number of benzene rings is 3. The van der Waals surface area contributed by atoms with Crippen LogP contribution in [0, 0.1) is 18.8 Å². The Morgan fingerprint density at radius 3 is 2.58 bits per heavy atom. The molecule has 1 aliphatic heterocycles. The van der Waals surface area contributed by atoms with Gasteiger partial charge in [-0.25, -0.2) is 4.98 Å². The number of rotatable bonds is 5. The summed E-state index contributed by atoms with van der Waals surface area (Å²) in [6, 6.07) is 23.5. The maximum atomic E-state index is 12.6. The molecular formula is C31H29N3O2. The van der Waals surface area contributed by atoms with E-state index in [2.05, 4.69) is 71.0 Å². The first kappa shape index (κ1) is 21.4. The van der Waals surface area contributed by atoms with E-state index in [4.69, 9.17) is 9.40 Å². The molecule has 5 nitrogen and oxygen atoms in total. The highest BCUT2D eigenvalue weighted by Crippen LogP contribution is 2.35. The minimum absolute atomic E-state index is 0.295. The van der Waals surface area contributed by atoms with Gasteiger partial charge in [-0.2, -0.15) is 0 Å². The molecule has 0 N–H and O–H groups in total. The number of carbonyl (C=O) groups is 1. The molecule has 3 heterocycles. The molecule has 5 heteroatoms. The largest absolute Gasteiger partial charge is 0.464 e. The maximum absolute atomic E-state index is 12.6. The van der Waals surface area contributed by atoms with Crippen LogP contribution in [0.25, 0.3) is 44.5 Å². The second kappa shape index (κ2) is 8.37. The molecule has 1 amide bonds. The molecule has 2 fully saturated rings. The molecule has 0 spiro atoms. The number of fused-ring (bicyclic) bond motifs is 2. The Bertz CT molecular complexity index is 1590. The number of furan rings is 1. The first-order chi connectivity index (χ1) is 17.6. The summed E-state index contributed by atoms with van der Waals surface area (Å²) in [6.07, 6.45) is 4.93. The van der Waals surface area contributed by atoms with E-state index < -0.39 is 0 Å². The van der Waals surface area contributed by atoms with E-state index in [1.54, 1.807) is 6.26 Å². The average Bonchev–Trinajstić information content (AvgIpc) is 3.30. The summed E-state index contributed by atoms with van der Waals surface area (Å²) in [5.41, 5.74) is 7.79. The molecule has 0 bridgehead atoms. The van der Waals surface area contributed by atoms with Gasteiger partial charge in [-0.05, 0) is 79.1 Å². The second-order valence-electron chi connectivity index (χ2n) is 10.5. The lowest BCUT2D eigenvalue weighted by Crippen LogP contribution is -2.30. The van der Waals surface area contributed by atoms with Gasteiger partial charge in [0, 0.05) is 36.5 Å². The summed E-state index contributed by atoms with van der Waals surface area (Å²) in [6.45, 7) is 4.75. The third-order valence-electron chi connectivity index (χ3n) is 7.80. The van der Waals surface area contributed by atoms with Gasteiger partial charge in [-0.3, -0.25) is 4.79 Å². The van der Waals surface area contributed by atoms with Crippen LogP contribution in [0.4, 0.5) is 0 Å². The summed E-state index contributed by atoms with van der Waals surface area (Å²) >= 11 is 0. The number of aromatic nitrogens is 2. The number of hydrogen-bond donors (Lipinski definition) is 0. The second-order valence-corrected chi connectivity index (χ2v) is 10.5. The number of hydrogen-bond acceptors (Lipinski definition) is 3. The molecule has 1 saturated heterocycles. The van der Waals surface area contributed by atoms with Crippen LogP contribution in [0.2, 0.25) is 0 Å². The van der Waals surface area contributed by atoms with E-state index in [1.807, 2.05) is 12.1 Å². The third-order valence-corrected chi connectivity index (χ3v) is 7.80. The fourth-order valence-corrected chi connectivity index (χ4v) is 5.62. The van der Waals surface area contributed by atoms with Crippen molar-refractivity contribution in [2.75, 3.05) is 13.1 Å². The highest BCUT2D eigenvalue weighted by atomic mass is 16.3. The van der Waals surface area contributed by atoms with Gasteiger partial charge in [0.05, 0.1) is 17.3 Å². The van der Waals surface area contributed by atoms with Gasteiger partial charge in [-0.15, -0.1) is 0 Å². The molecule has 0 unspecified atom stereocenters. The van der Waals surface area contributed by atoms with E-state index in [-0.39, 0.29) is 0 Å². The minimum atomic E-state index is 0.295. The van der Waals surface area contributed by atoms with Crippen LogP contribution >= 0.6 is 0 Å². The van der Waals surface area contributed by atoms with E-state index >= 15 is 0 Å². The van der Waals surface area contributed by atoms with Crippen LogP contribution in [0.5, 0.6) is 0 Å². The number of amides is 1. The average molecular weight is 476 g/mol. The summed E-state index contributed by atoms with van der Waals surface area (Å²) in [7, 11) is 0. The molecule has 1 aliphatic carbocycles. The van der Waals surface area contributed by atoms with Crippen LogP contribution in [0.3, 0.4) is 0 Å². The lowest BCUT2D eigenvalue weighted by atomic mass is 10.0. The lowest BCUT2D eigenvalue weighted by molar-refractivity contribution is -0.131. The SMILES string of the molecule is Cc1ccc2nc(-c3ccc(-c4ccc5occc5c4)cc3)n(C[C@H]3CCN(C(=O)C4CC4)C3)c2c1. The minimum Gasteiger partial charge on any atom is -0.464 e. The van der Waals surface area contributed by atoms with Crippen LogP contribution < -0.4 is 0 Å². The van der Waals surface area contributed by atoms with Crippen molar-refractivity contribution in [2.24, 2.45) is 11.8 Å². The number of aryl methyl sites for hydroxylation is 1. The third kappa shape index (κ3) is 3.79. The monoisotopic (exact) mass is 475 g/mol. The Labute approximate surface area is 210 Å². The standard InChI is InChI=1S/C31H29N3O2/c1-20-2-10-27-28(16-20)34(19-21-12-14-33(18-21)31(35)24-7-8-24)30(32-27)23-5-3-22(4-6-23)25-9-11-29-26(17-25)13-15-36-29/h2-6,9-11,13,15-17,21,24H,7-8,12,14,18-19H2,1H3/t21-/m0/s1. The number of nitrogens with zero attached hydrogens (tertiary/aromatic N) is 3. The number of likely N-dealkylation sites (tertiary alicyclic amines) is 1. The zero-order chi connectivity index (χ0) is 24.2. The molecule has 180 valence electrons. The van der Waals surface area contributed by atoms with Crippen LogP contribution in [-0.2, 0) is 11.3 Å². The Morgan fingerprint density at radius 1 is 0.944 bits per heavy atom. The first-order valence-corrected chi connectivity index (χ1v) is 13.0. The van der Waals surface area contributed by atoms with Crippen molar-refractivity contribution >= 4 is 27.9 Å². The Balaban J connectivity index is 1.21. The van der Waals surface area contributed by atoms with Crippen molar-refractivity contribution in [1.29, 1.82) is 0 Å². The van der Waals surface area contributed by atoms with Crippen molar-refractivity contribution in [3.63, 3.8) is 0 Å². The molecule has 0 radical (unpaired) electrons. The van der Waals surface area contributed by atoms with Gasteiger partial charge >= 0.3 is 0 Å². The van der Waals surface area contributed by atoms with E-state index in [1.165, 1.54) is 22.2 Å². The van der Waals surface area contributed by atoms with E-state index in [0.29, 0.717) is 17.7 Å². The molecule has 1 atom stereocenters. The van der Waals surface area contributed by atoms with Gasteiger partial charge in [0.1, 0.15) is 11.4 Å². The van der Waals surface area contributed by atoms with Crippen LogP contribution in [0.15, 0.2) is 77.4 Å². The normalized spacial score (nSPS) is 17.9. The molecule has 2 aromatic heterocycles. The van der Waals surface area contributed by atoms with E-state index in [0.717, 1.165) is 66.8 Å². The topological polar surface area (TPSA) is 51.3 Å². The number of carbonyl (C=O) groups excluding carboxylic acids is 1. The summed E-state index contributed by atoms with van der Waals surface area (Å²) in [4.78, 5) is 19.8. The molecule has 2 aliphatic rings. The van der Waals surface area contributed by atoms with Crippen molar-refractivity contribution in [2.45, 2.75) is 32.7 Å². The van der Waals surface area contributed by atoms with Crippen molar-refractivity contribution in [3.05, 3.63) is 78.6 Å². The van der Waals surface area contributed by atoms with Gasteiger partial charge in [-0.1, -0.05) is 36.4 Å². The molecule has 1 saturated carbocycles. The highest BCUT2D eigenvalue weighted by molar-refractivity contribution is 5.85. The van der Waals surface area contributed by atoms with Crippen molar-refractivity contribution in [3.8, 4) is 22.5 Å². The predicted octanol–water partition coefficient (Wildman–Crippen LogP) is 6.68. The van der Waals surface area contributed by atoms with Crippen molar-refractivity contribution < 1.29 is 9.21 Å². The Hall–Kier alpha value is -3.86. The predicted molar refractivity (Wildman–Crippen MR) is 143 cm³/mol. The van der Waals surface area contributed by atoms with Gasteiger partial charge in [0.15, 0.2) is 0 Å². The molecule has 5 aromatic rings. The fraction of sp³-hybridized carbons (Fsp3) is 0.290. The maximum Gasteiger partial charge on any atom is 0.225 e. The summed E-state index contributed by atoms with van der Waals surface area (Å²) in [5, 5.41) is 1.11. The summed E-state index contributed by atoms with van der Waals surface area (Å²) < 4.78 is 7.87. The van der Waals surface area contributed by atoms with Crippen LogP contribution in [-0.4, -0.2) is 33.4 Å². The quantitative estimate of drug-likeness (QED) is 0.285. The van der Waals surface area contributed by atoms with Gasteiger partial charge < -0.3 is 13.9 Å². The molecular weight excluding hydrogens is 446 g/mol. The molecule has 36 heavy (non-hydrogen) atoms. The lowest BCUT2D eigenvalue weighted by Gasteiger charge is -2.18. The van der Waals surface area contributed by atoms with E-state index in [9.17, 15) is 4.79 Å². The van der Waals surface area contributed by atoms with Gasteiger partial charge in [0.25, 0.3) is 0 Å². The smallest absolute Gasteiger partial charge is 0.225 e. The number of imidazole rings is 1. The summed E-state index contributed by atoms with van der Waals surface area (Å²) in [5.74, 6) is 2.11.